The number of fused-ring (bicyclic) bond motifs is 3. The van der Waals surface area contributed by atoms with Crippen molar-refractivity contribution in [2.24, 2.45) is 11.8 Å². The summed E-state index contributed by atoms with van der Waals surface area (Å²) in [5, 5.41) is 10.7. The van der Waals surface area contributed by atoms with Gasteiger partial charge in [-0.1, -0.05) is 45.6 Å². The number of unbranched alkanes of at least 4 members (excludes halogenated alkanes) is 4. The minimum Gasteiger partial charge on any atom is -0.507 e. The maximum Gasteiger partial charge on any atom is 0.131 e. The van der Waals surface area contributed by atoms with Crippen LogP contribution in [0.5, 0.6) is 11.5 Å². The number of phenols is 1. The fraction of sp³-hybridized carbons (Fsp3) is 0.636. The molecule has 2 atom stereocenters. The van der Waals surface area contributed by atoms with Gasteiger partial charge in [-0.25, -0.2) is 0 Å². The van der Waals surface area contributed by atoms with Crippen LogP contribution in [0.2, 0.25) is 0 Å². The summed E-state index contributed by atoms with van der Waals surface area (Å²) in [5.74, 6) is 2.21. The van der Waals surface area contributed by atoms with Gasteiger partial charge >= 0.3 is 0 Å². The third kappa shape index (κ3) is 3.34. The zero-order valence-electron chi connectivity index (χ0n) is 15.7. The summed E-state index contributed by atoms with van der Waals surface area (Å²) in [7, 11) is 0. The van der Waals surface area contributed by atoms with Gasteiger partial charge in [-0.15, -0.1) is 0 Å². The Labute approximate surface area is 146 Å². The number of ether oxygens (including phenoxy) is 1. The van der Waals surface area contributed by atoms with Crippen molar-refractivity contribution in [2.45, 2.75) is 78.2 Å². The number of aromatic hydroxyl groups is 1. The van der Waals surface area contributed by atoms with Crippen molar-refractivity contribution in [2.75, 3.05) is 0 Å². The molecule has 0 aromatic heterocycles. The number of aryl methyl sites for hydroxylation is 1. The van der Waals surface area contributed by atoms with Crippen LogP contribution in [0.3, 0.4) is 0 Å². The van der Waals surface area contributed by atoms with Gasteiger partial charge in [0, 0.05) is 5.92 Å². The molecule has 1 aromatic carbocycles. The largest absolute Gasteiger partial charge is 0.507 e. The fourth-order valence-corrected chi connectivity index (χ4v) is 4.36. The van der Waals surface area contributed by atoms with E-state index in [1.165, 1.54) is 43.2 Å². The van der Waals surface area contributed by atoms with Crippen molar-refractivity contribution in [1.82, 2.24) is 0 Å². The van der Waals surface area contributed by atoms with E-state index in [1.807, 2.05) is 6.07 Å². The lowest BCUT2D eigenvalue weighted by Crippen LogP contribution is -2.40. The summed E-state index contributed by atoms with van der Waals surface area (Å²) in [6.45, 7) is 8.86. The maximum absolute atomic E-state index is 10.7. The van der Waals surface area contributed by atoms with E-state index < -0.39 is 0 Å². The van der Waals surface area contributed by atoms with E-state index in [9.17, 15) is 5.11 Å². The van der Waals surface area contributed by atoms with Crippen LogP contribution < -0.4 is 4.74 Å². The van der Waals surface area contributed by atoms with Crippen LogP contribution in [-0.2, 0) is 6.42 Å². The van der Waals surface area contributed by atoms with Crippen molar-refractivity contribution < 1.29 is 9.84 Å². The molecule has 1 unspecified atom stereocenters. The number of phenolic OH excluding ortho intramolecular Hbond substituents is 1. The molecule has 2 heteroatoms. The third-order valence-corrected chi connectivity index (χ3v) is 5.66. The molecular formula is C22H32O2. The fourth-order valence-electron chi connectivity index (χ4n) is 4.36. The predicted octanol–water partition coefficient (Wildman–Crippen LogP) is 6.12. The first-order valence-electron chi connectivity index (χ1n) is 9.69. The monoisotopic (exact) mass is 328 g/mol. The van der Waals surface area contributed by atoms with Crippen molar-refractivity contribution in [3.8, 4) is 11.5 Å². The molecule has 0 spiro atoms. The zero-order chi connectivity index (χ0) is 17.3. The predicted molar refractivity (Wildman–Crippen MR) is 101 cm³/mol. The van der Waals surface area contributed by atoms with Crippen molar-refractivity contribution in [3.05, 3.63) is 29.3 Å². The first-order valence-corrected chi connectivity index (χ1v) is 9.69. The second kappa shape index (κ2) is 6.82. The normalized spacial score (nSPS) is 24.1. The Morgan fingerprint density at radius 3 is 2.67 bits per heavy atom. The van der Waals surface area contributed by atoms with E-state index >= 15 is 0 Å². The van der Waals surface area contributed by atoms with Crippen molar-refractivity contribution in [1.29, 1.82) is 0 Å². The SMILES string of the molecule is CCCCCCCc1cc(O)c2c(c1)OC(C)(C)[C@@H]1CC(C)C=C21. The average Bonchev–Trinajstić information content (AvgIpc) is 2.89. The van der Waals surface area contributed by atoms with Gasteiger partial charge in [0.1, 0.15) is 17.1 Å². The van der Waals surface area contributed by atoms with E-state index in [0.29, 0.717) is 17.6 Å². The van der Waals surface area contributed by atoms with Gasteiger partial charge in [-0.2, -0.15) is 0 Å². The Morgan fingerprint density at radius 2 is 1.92 bits per heavy atom. The van der Waals surface area contributed by atoms with Gasteiger partial charge in [0.25, 0.3) is 0 Å². The highest BCUT2D eigenvalue weighted by molar-refractivity contribution is 5.80. The first-order chi connectivity index (χ1) is 11.4. The molecule has 1 heterocycles. The minimum atomic E-state index is -0.199. The Bertz CT molecular complexity index is 627. The van der Waals surface area contributed by atoms with Gasteiger partial charge in [0.05, 0.1) is 5.56 Å². The van der Waals surface area contributed by atoms with Gasteiger partial charge in [0.2, 0.25) is 0 Å². The molecule has 0 amide bonds. The van der Waals surface area contributed by atoms with E-state index in [4.69, 9.17) is 4.74 Å². The lowest BCUT2D eigenvalue weighted by Gasteiger charge is -2.40. The van der Waals surface area contributed by atoms with Gasteiger partial charge in [-0.05, 0) is 62.3 Å². The van der Waals surface area contributed by atoms with E-state index in [1.54, 1.807) is 0 Å². The summed E-state index contributed by atoms with van der Waals surface area (Å²) in [4.78, 5) is 0. The van der Waals surface area contributed by atoms with E-state index in [0.717, 1.165) is 24.2 Å². The minimum absolute atomic E-state index is 0.199. The molecule has 1 aliphatic carbocycles. The van der Waals surface area contributed by atoms with Crippen LogP contribution in [0.25, 0.3) is 5.57 Å². The topological polar surface area (TPSA) is 29.5 Å². The standard InChI is InChI=1S/C22H32O2/c1-5-6-7-8-9-10-16-13-19(23)21-17-11-15(2)12-18(17)22(3,4)24-20(21)14-16/h11,13-15,18,23H,5-10,12H2,1-4H3/t15?,18-/m1/s1. The highest BCUT2D eigenvalue weighted by Crippen LogP contribution is 2.53. The van der Waals surface area contributed by atoms with Gasteiger partial charge < -0.3 is 9.84 Å². The highest BCUT2D eigenvalue weighted by Gasteiger charge is 2.44. The molecule has 2 aliphatic rings. The number of rotatable bonds is 6. The lowest BCUT2D eigenvalue weighted by atomic mass is 9.78. The molecule has 0 bridgehead atoms. The molecule has 0 radical (unpaired) electrons. The van der Waals surface area contributed by atoms with Crippen LogP contribution >= 0.6 is 0 Å². The Morgan fingerprint density at radius 1 is 1.17 bits per heavy atom. The second-order valence-corrected chi connectivity index (χ2v) is 8.25. The number of hydrogen-bond acceptors (Lipinski definition) is 2. The van der Waals surface area contributed by atoms with Crippen LogP contribution in [0.15, 0.2) is 18.2 Å². The quantitative estimate of drug-likeness (QED) is 0.638. The van der Waals surface area contributed by atoms with Gasteiger partial charge in [0.15, 0.2) is 0 Å². The summed E-state index contributed by atoms with van der Waals surface area (Å²) >= 11 is 0. The maximum atomic E-state index is 10.7. The van der Waals surface area contributed by atoms with E-state index in [-0.39, 0.29) is 5.60 Å². The Balaban J connectivity index is 1.82. The zero-order valence-corrected chi connectivity index (χ0v) is 15.7. The summed E-state index contributed by atoms with van der Waals surface area (Å²) < 4.78 is 6.35. The molecular weight excluding hydrogens is 296 g/mol. The average molecular weight is 328 g/mol. The molecule has 3 rings (SSSR count). The van der Waals surface area contributed by atoms with E-state index in [2.05, 4.69) is 39.8 Å². The summed E-state index contributed by atoms with van der Waals surface area (Å²) in [5.41, 5.74) is 3.23. The highest BCUT2D eigenvalue weighted by atomic mass is 16.5. The van der Waals surface area contributed by atoms with Crippen LogP contribution in [0.1, 0.15) is 77.3 Å². The summed E-state index contributed by atoms with van der Waals surface area (Å²) in [6, 6.07) is 4.12. The van der Waals surface area contributed by atoms with Crippen LogP contribution in [0.4, 0.5) is 0 Å². The molecule has 1 aromatic rings. The molecule has 0 saturated carbocycles. The number of hydrogen-bond donors (Lipinski definition) is 1. The third-order valence-electron chi connectivity index (χ3n) is 5.66. The van der Waals surface area contributed by atoms with Crippen molar-refractivity contribution in [3.63, 3.8) is 0 Å². The first kappa shape index (κ1) is 17.4. The lowest BCUT2D eigenvalue weighted by molar-refractivity contribution is 0.0561. The molecule has 1 N–H and O–H groups in total. The molecule has 0 fully saturated rings. The molecule has 0 saturated heterocycles. The second-order valence-electron chi connectivity index (χ2n) is 8.25. The molecule has 1 aliphatic heterocycles. The Kier molecular flexibility index (Phi) is 4.94. The van der Waals surface area contributed by atoms with Crippen LogP contribution in [0, 0.1) is 11.8 Å². The molecule has 132 valence electrons. The van der Waals surface area contributed by atoms with Gasteiger partial charge in [-0.3, -0.25) is 0 Å². The van der Waals surface area contributed by atoms with Crippen LogP contribution in [-0.4, -0.2) is 10.7 Å². The summed E-state index contributed by atoms with van der Waals surface area (Å²) in [6.07, 6.45) is 10.8. The molecule has 24 heavy (non-hydrogen) atoms. The number of allylic oxidation sites excluding steroid dienone is 1. The number of benzene rings is 1. The smallest absolute Gasteiger partial charge is 0.131 e. The molecule has 2 nitrogen and oxygen atoms in total. The Hall–Kier alpha value is -1.44. The van der Waals surface area contributed by atoms with Crippen molar-refractivity contribution >= 4 is 5.57 Å².